The average Bonchev–Trinajstić information content (AvgIpc) is 3.15. The molecule has 0 radical (unpaired) electrons. The van der Waals surface area contributed by atoms with Crippen molar-refractivity contribution in [2.75, 3.05) is 14.2 Å². The Labute approximate surface area is 162 Å². The molecule has 0 saturated heterocycles. The van der Waals surface area contributed by atoms with E-state index in [4.69, 9.17) is 26.4 Å². The number of ether oxygens (including phenoxy) is 2. The number of nitrogens with two attached hydrogens (primary N) is 2. The summed E-state index contributed by atoms with van der Waals surface area (Å²) in [6.07, 6.45) is 1.82. The van der Waals surface area contributed by atoms with Crippen LogP contribution in [-0.4, -0.2) is 40.3 Å². The van der Waals surface area contributed by atoms with E-state index < -0.39 is 10.9 Å². The van der Waals surface area contributed by atoms with Crippen molar-refractivity contribution in [2.24, 2.45) is 16.5 Å². The van der Waals surface area contributed by atoms with Gasteiger partial charge in [0.2, 0.25) is 5.96 Å². The van der Waals surface area contributed by atoms with E-state index in [0.717, 1.165) is 4.88 Å². The second-order valence-electron chi connectivity index (χ2n) is 5.67. The maximum atomic E-state index is 11.3. The molecule has 0 saturated carbocycles. The zero-order chi connectivity index (χ0) is 20.6. The third-order valence-electron chi connectivity index (χ3n) is 3.88. The molecule has 0 aliphatic carbocycles. The summed E-state index contributed by atoms with van der Waals surface area (Å²) < 4.78 is 12.2. The number of nitrogens with one attached hydrogen (secondary N) is 1. The summed E-state index contributed by atoms with van der Waals surface area (Å²) in [5, 5.41) is 18.7. The molecule has 28 heavy (non-hydrogen) atoms. The molecule has 0 aliphatic rings. The van der Waals surface area contributed by atoms with E-state index in [9.17, 15) is 10.1 Å². The van der Waals surface area contributed by atoms with Crippen LogP contribution in [-0.2, 0) is 0 Å². The first-order valence-corrected chi connectivity index (χ1v) is 8.66. The highest BCUT2D eigenvalue weighted by Crippen LogP contribution is 2.41. The van der Waals surface area contributed by atoms with Gasteiger partial charge >= 0.3 is 5.69 Å². The maximum Gasteiger partial charge on any atom is 0.314 e. The largest absolute Gasteiger partial charge is 0.496 e. The van der Waals surface area contributed by atoms with E-state index >= 15 is 0 Å². The molecule has 2 aromatic heterocycles. The first-order valence-electron chi connectivity index (χ1n) is 7.84. The van der Waals surface area contributed by atoms with Crippen LogP contribution in [0, 0.1) is 22.4 Å². The molecule has 0 amide bonds. The zero-order valence-corrected chi connectivity index (χ0v) is 16.0. The van der Waals surface area contributed by atoms with Crippen molar-refractivity contribution >= 4 is 33.8 Å². The summed E-state index contributed by atoms with van der Waals surface area (Å²) >= 11 is 1.43. The van der Waals surface area contributed by atoms with Gasteiger partial charge in [0, 0.05) is 22.7 Å². The number of benzene rings is 1. The van der Waals surface area contributed by atoms with Crippen molar-refractivity contribution in [1.82, 2.24) is 9.38 Å². The predicted octanol–water partition coefficient (Wildman–Crippen LogP) is 1.90. The Morgan fingerprint density at radius 3 is 2.57 bits per heavy atom. The smallest absolute Gasteiger partial charge is 0.314 e. The first kappa shape index (κ1) is 19.1. The number of imidazole rings is 1. The number of hydrogen-bond donors (Lipinski definition) is 3. The number of nitro benzene ring substituents is 1. The van der Waals surface area contributed by atoms with Crippen molar-refractivity contribution < 1.29 is 14.4 Å². The van der Waals surface area contributed by atoms with Crippen LogP contribution in [0.3, 0.4) is 0 Å². The van der Waals surface area contributed by atoms with Gasteiger partial charge < -0.3 is 20.9 Å². The number of guanidine groups is 1. The summed E-state index contributed by atoms with van der Waals surface area (Å²) in [5.41, 5.74) is 12.4. The van der Waals surface area contributed by atoms with Crippen molar-refractivity contribution in [3.05, 3.63) is 39.0 Å². The highest BCUT2D eigenvalue weighted by molar-refractivity contribution is 7.17. The minimum Gasteiger partial charge on any atom is -0.496 e. The number of nitrogens with zero attached hydrogens (tertiary/aromatic N) is 4. The van der Waals surface area contributed by atoms with Crippen molar-refractivity contribution in [2.45, 2.75) is 6.92 Å². The Kier molecular flexibility index (Phi) is 4.88. The Morgan fingerprint density at radius 1 is 1.32 bits per heavy atom. The van der Waals surface area contributed by atoms with E-state index in [1.165, 1.54) is 37.7 Å². The van der Waals surface area contributed by atoms with E-state index in [2.05, 4.69) is 9.98 Å². The topological polar surface area (TPSA) is 167 Å². The third-order valence-corrected chi connectivity index (χ3v) is 4.78. The van der Waals surface area contributed by atoms with Crippen molar-refractivity contribution in [3.63, 3.8) is 0 Å². The van der Waals surface area contributed by atoms with Crippen LogP contribution in [0.1, 0.15) is 10.6 Å². The van der Waals surface area contributed by atoms with Gasteiger partial charge in [-0.15, -0.1) is 11.3 Å². The van der Waals surface area contributed by atoms with Crippen LogP contribution in [0.2, 0.25) is 0 Å². The lowest BCUT2D eigenvalue weighted by molar-refractivity contribution is -0.385. The van der Waals surface area contributed by atoms with Gasteiger partial charge in [0.25, 0.3) is 0 Å². The molecule has 3 rings (SSSR count). The summed E-state index contributed by atoms with van der Waals surface area (Å²) in [6, 6.07) is 2.72. The van der Waals surface area contributed by atoms with Gasteiger partial charge in [-0.25, -0.2) is 4.98 Å². The molecule has 0 unspecified atom stereocenters. The molecule has 0 fully saturated rings. The number of thiazole rings is 1. The molecule has 0 spiro atoms. The van der Waals surface area contributed by atoms with Crippen LogP contribution < -0.4 is 20.9 Å². The predicted molar refractivity (Wildman–Crippen MR) is 106 cm³/mol. The number of nitro groups is 1. The number of rotatable bonds is 5. The van der Waals surface area contributed by atoms with E-state index in [-0.39, 0.29) is 23.0 Å². The Bertz CT molecular complexity index is 1130. The fourth-order valence-electron chi connectivity index (χ4n) is 2.78. The zero-order valence-electron chi connectivity index (χ0n) is 15.2. The Hall–Kier alpha value is -3.67. The summed E-state index contributed by atoms with van der Waals surface area (Å²) in [6.45, 7) is 1.91. The molecule has 2 heterocycles. The highest BCUT2D eigenvalue weighted by Gasteiger charge is 2.26. The molecule has 5 N–H and O–H groups in total. The van der Waals surface area contributed by atoms with Crippen molar-refractivity contribution in [1.29, 1.82) is 5.41 Å². The number of amidine groups is 1. The molecular weight excluding hydrogens is 386 g/mol. The lowest BCUT2D eigenvalue weighted by Gasteiger charge is -2.11. The van der Waals surface area contributed by atoms with Crippen LogP contribution in [0.4, 0.5) is 5.69 Å². The molecule has 11 nitrogen and oxygen atoms in total. The lowest BCUT2D eigenvalue weighted by Crippen LogP contribution is -2.21. The average molecular weight is 403 g/mol. The number of aryl methyl sites for hydroxylation is 1. The second-order valence-corrected chi connectivity index (χ2v) is 6.88. The standard InChI is InChI=1S/C16H17N7O4S/c1-7-6-22-13(14(17)21-15(18)19)12(20-16(22)28-7)8-4-11(27-3)9(23(24)25)5-10(8)26-2/h4-6H,1-3H3,(H5,17,18,19,21). The molecular formula is C16H17N7O4S. The Balaban J connectivity index is 2.36. The molecule has 12 heteroatoms. The Morgan fingerprint density at radius 2 is 2.00 bits per heavy atom. The van der Waals surface area contributed by atoms with Gasteiger partial charge in [0.15, 0.2) is 16.5 Å². The minimum atomic E-state index is -0.563. The van der Waals surface area contributed by atoms with Gasteiger partial charge in [0.1, 0.15) is 17.1 Å². The fraction of sp³-hybridized carbons (Fsp3) is 0.188. The monoisotopic (exact) mass is 403 g/mol. The number of fused-ring (bicyclic) bond motifs is 1. The minimum absolute atomic E-state index is 0.0211. The third kappa shape index (κ3) is 3.20. The van der Waals surface area contributed by atoms with Crippen LogP contribution >= 0.6 is 11.3 Å². The maximum absolute atomic E-state index is 11.3. The summed E-state index contributed by atoms with van der Waals surface area (Å²) in [7, 11) is 2.73. The van der Waals surface area contributed by atoms with Gasteiger partial charge in [-0.2, -0.15) is 4.99 Å². The molecule has 3 aromatic rings. The molecule has 0 bridgehead atoms. The van der Waals surface area contributed by atoms with Crippen molar-refractivity contribution in [3.8, 4) is 22.8 Å². The van der Waals surface area contributed by atoms with Gasteiger partial charge in [-0.1, -0.05) is 0 Å². The van der Waals surface area contributed by atoms with Gasteiger partial charge in [0.05, 0.1) is 25.2 Å². The highest BCUT2D eigenvalue weighted by atomic mass is 32.1. The molecule has 0 aliphatic heterocycles. The lowest BCUT2D eigenvalue weighted by atomic mass is 10.1. The van der Waals surface area contributed by atoms with Gasteiger partial charge in [-0.3, -0.25) is 19.9 Å². The normalized spacial score (nSPS) is 11.6. The molecule has 0 atom stereocenters. The number of hydrogen-bond acceptors (Lipinski definition) is 7. The number of methoxy groups -OCH3 is 2. The van der Waals surface area contributed by atoms with E-state index in [1.807, 2.05) is 13.1 Å². The summed E-state index contributed by atoms with van der Waals surface area (Å²) in [5.74, 6) is -0.223. The van der Waals surface area contributed by atoms with Crippen LogP contribution in [0.5, 0.6) is 11.5 Å². The first-order chi connectivity index (χ1) is 13.3. The van der Waals surface area contributed by atoms with Gasteiger partial charge in [-0.05, 0) is 6.92 Å². The number of aromatic nitrogens is 2. The molecule has 1 aromatic carbocycles. The van der Waals surface area contributed by atoms with E-state index in [0.29, 0.717) is 21.9 Å². The molecule has 146 valence electrons. The second kappa shape index (κ2) is 7.15. The van der Waals surface area contributed by atoms with Crippen LogP contribution in [0.25, 0.3) is 16.2 Å². The fourth-order valence-corrected chi connectivity index (χ4v) is 3.61. The quantitative estimate of drug-likeness (QED) is 0.253. The van der Waals surface area contributed by atoms with E-state index in [1.54, 1.807) is 4.40 Å². The SMILES string of the molecule is COc1cc([N+](=O)[O-])c(OC)cc1-c1nc2sc(C)cn2c1/C(N)=N/C(=N)N. The number of aliphatic imine (C=N–C) groups is 1. The summed E-state index contributed by atoms with van der Waals surface area (Å²) in [4.78, 5) is 20.8. The van der Waals surface area contributed by atoms with Crippen LogP contribution in [0.15, 0.2) is 23.3 Å².